The van der Waals surface area contributed by atoms with Gasteiger partial charge in [0, 0.05) is 48.3 Å². The molecule has 0 fully saturated rings. The normalized spacial score (nSPS) is 13.8. The van der Waals surface area contributed by atoms with E-state index in [9.17, 15) is 33.5 Å². The number of halogens is 2. The number of imide groups is 1. The molecule has 0 saturated heterocycles. The lowest BCUT2D eigenvalue weighted by Gasteiger charge is -2.41. The van der Waals surface area contributed by atoms with Gasteiger partial charge in [-0.3, -0.25) is 39.7 Å². The minimum absolute atomic E-state index is 0.0454. The first kappa shape index (κ1) is 45.4. The number of hydrazine groups is 1. The number of rotatable bonds is 22. The Balaban J connectivity index is 1.27. The minimum atomic E-state index is -1.16. The van der Waals surface area contributed by atoms with E-state index in [4.69, 9.17) is 19.9 Å². The minimum Gasteiger partial charge on any atom is -0.387 e. The zero-order valence-electron chi connectivity index (χ0n) is 33.0. The van der Waals surface area contributed by atoms with Crippen LogP contribution in [0.25, 0.3) is 11.1 Å². The number of hydrogen-bond donors (Lipinski definition) is 4. The molecule has 4 rings (SSSR count). The number of aliphatic hydroxyl groups excluding tert-OH is 1. The Morgan fingerprint density at radius 1 is 0.879 bits per heavy atom. The Bertz CT molecular complexity index is 1880. The van der Waals surface area contributed by atoms with Crippen LogP contribution >= 0.6 is 0 Å². The maximum atomic E-state index is 15.0. The zero-order valence-corrected chi connectivity index (χ0v) is 33.0. The van der Waals surface area contributed by atoms with Gasteiger partial charge in [-0.25, -0.2) is 8.78 Å². The summed E-state index contributed by atoms with van der Waals surface area (Å²) in [5.41, 5.74) is 12.1. The SMILES string of the molecule is CC(C)(C)[C@H](c1cc(-c2cc(F)ccc2F)cn1Cc1ccccc1)N(CC[C@H](N)C(=O)NNC(=O)CCOCCOCCOCCN1C(=O)C=CC1=O)C(=O)CO. The second-order valence-corrected chi connectivity index (χ2v) is 14.6. The van der Waals surface area contributed by atoms with Crippen molar-refractivity contribution in [3.63, 3.8) is 0 Å². The highest BCUT2D eigenvalue weighted by Crippen LogP contribution is 2.41. The third-order valence-corrected chi connectivity index (χ3v) is 9.15. The van der Waals surface area contributed by atoms with Crippen LogP contribution in [-0.4, -0.2) is 114 Å². The molecule has 2 atom stereocenters. The summed E-state index contributed by atoms with van der Waals surface area (Å²) in [6.45, 7) is 6.49. The number of amides is 5. The van der Waals surface area contributed by atoms with Crippen molar-refractivity contribution in [2.24, 2.45) is 11.1 Å². The molecular formula is C41H52F2N6O9. The van der Waals surface area contributed by atoms with Gasteiger partial charge >= 0.3 is 0 Å². The van der Waals surface area contributed by atoms with Crippen LogP contribution < -0.4 is 16.6 Å². The summed E-state index contributed by atoms with van der Waals surface area (Å²) in [4.78, 5) is 64.1. The van der Waals surface area contributed by atoms with Crippen LogP contribution in [0, 0.1) is 17.0 Å². The molecule has 0 saturated carbocycles. The summed E-state index contributed by atoms with van der Waals surface area (Å²) in [5, 5.41) is 10.1. The highest BCUT2D eigenvalue weighted by atomic mass is 19.1. The summed E-state index contributed by atoms with van der Waals surface area (Å²) in [5.74, 6) is -3.84. The number of carbonyl (C=O) groups excluding carboxylic acids is 5. The van der Waals surface area contributed by atoms with Crippen molar-refractivity contribution >= 4 is 29.5 Å². The zero-order chi connectivity index (χ0) is 42.2. The number of aliphatic hydroxyl groups is 1. The third kappa shape index (κ3) is 13.4. The van der Waals surface area contributed by atoms with Crippen molar-refractivity contribution in [1.82, 2.24) is 25.2 Å². The summed E-state index contributed by atoms with van der Waals surface area (Å²) in [6.07, 6.45) is 4.00. The number of nitrogens with one attached hydrogen (secondary N) is 2. The van der Waals surface area contributed by atoms with Crippen LogP contribution in [0.3, 0.4) is 0 Å². The Morgan fingerprint density at radius 3 is 2.16 bits per heavy atom. The monoisotopic (exact) mass is 810 g/mol. The van der Waals surface area contributed by atoms with E-state index >= 15 is 4.39 Å². The number of carbonyl (C=O) groups is 5. The van der Waals surface area contributed by atoms with E-state index < -0.39 is 53.5 Å². The van der Waals surface area contributed by atoms with Crippen molar-refractivity contribution in [2.75, 3.05) is 59.3 Å². The van der Waals surface area contributed by atoms with Crippen molar-refractivity contribution in [2.45, 2.75) is 52.2 Å². The molecule has 1 aliphatic rings. The highest BCUT2D eigenvalue weighted by molar-refractivity contribution is 6.12. The molecule has 1 aliphatic heterocycles. The van der Waals surface area contributed by atoms with Gasteiger partial charge in [0.15, 0.2) is 0 Å². The van der Waals surface area contributed by atoms with Gasteiger partial charge in [-0.1, -0.05) is 51.1 Å². The average Bonchev–Trinajstić information content (AvgIpc) is 3.75. The molecule has 0 aliphatic carbocycles. The predicted molar refractivity (Wildman–Crippen MR) is 208 cm³/mol. The molecule has 314 valence electrons. The topological polar surface area (TPSA) is 195 Å². The summed E-state index contributed by atoms with van der Waals surface area (Å²) >= 11 is 0. The van der Waals surface area contributed by atoms with Crippen LogP contribution in [0.15, 0.2) is 72.9 Å². The van der Waals surface area contributed by atoms with Crippen LogP contribution in [0.5, 0.6) is 0 Å². The molecule has 17 heteroatoms. The van der Waals surface area contributed by atoms with E-state index in [2.05, 4.69) is 10.9 Å². The fourth-order valence-corrected chi connectivity index (χ4v) is 6.31. The molecule has 15 nitrogen and oxygen atoms in total. The van der Waals surface area contributed by atoms with Crippen LogP contribution in [-0.2, 0) is 44.7 Å². The van der Waals surface area contributed by atoms with E-state index in [1.807, 2.05) is 55.7 Å². The van der Waals surface area contributed by atoms with E-state index in [1.165, 1.54) is 17.1 Å². The largest absolute Gasteiger partial charge is 0.387 e. The molecule has 0 radical (unpaired) electrons. The molecule has 2 heterocycles. The first-order chi connectivity index (χ1) is 27.7. The maximum absolute atomic E-state index is 15.0. The summed E-state index contributed by atoms with van der Waals surface area (Å²) in [7, 11) is 0. The molecule has 5 N–H and O–H groups in total. The fraction of sp³-hybridized carbons (Fsp3) is 0.439. The van der Waals surface area contributed by atoms with E-state index in [0.29, 0.717) is 17.8 Å². The number of ether oxygens (including phenoxy) is 3. The molecule has 2 aromatic carbocycles. The Labute approximate surface area is 336 Å². The number of benzene rings is 2. The van der Waals surface area contributed by atoms with Gasteiger partial charge in [0.1, 0.15) is 18.2 Å². The fourth-order valence-electron chi connectivity index (χ4n) is 6.31. The van der Waals surface area contributed by atoms with E-state index in [0.717, 1.165) is 28.7 Å². The van der Waals surface area contributed by atoms with Gasteiger partial charge in [0.2, 0.25) is 11.8 Å². The lowest BCUT2D eigenvalue weighted by Crippen LogP contribution is -2.51. The van der Waals surface area contributed by atoms with Gasteiger partial charge in [0.25, 0.3) is 17.7 Å². The maximum Gasteiger partial charge on any atom is 0.255 e. The average molecular weight is 811 g/mol. The number of aromatic nitrogens is 1. The van der Waals surface area contributed by atoms with Crippen LogP contribution in [0.1, 0.15) is 50.9 Å². The number of nitrogens with zero attached hydrogens (tertiary/aromatic N) is 3. The van der Waals surface area contributed by atoms with Crippen molar-refractivity contribution in [3.05, 3.63) is 95.8 Å². The molecule has 5 amide bonds. The highest BCUT2D eigenvalue weighted by Gasteiger charge is 2.37. The van der Waals surface area contributed by atoms with Gasteiger partial charge in [-0.05, 0) is 41.7 Å². The van der Waals surface area contributed by atoms with E-state index in [1.54, 1.807) is 12.3 Å². The Kier molecular flexibility index (Phi) is 17.2. The number of nitrogens with two attached hydrogens (primary N) is 1. The van der Waals surface area contributed by atoms with Crippen molar-refractivity contribution in [1.29, 1.82) is 0 Å². The molecule has 3 aromatic rings. The third-order valence-electron chi connectivity index (χ3n) is 9.15. The second kappa shape index (κ2) is 22.0. The quantitative estimate of drug-likeness (QED) is 0.0666. The van der Waals surface area contributed by atoms with Crippen molar-refractivity contribution < 1.29 is 52.1 Å². The Hall–Kier alpha value is -5.33. The summed E-state index contributed by atoms with van der Waals surface area (Å²) in [6, 6.07) is 12.5. The molecule has 0 unspecified atom stereocenters. The molecule has 0 spiro atoms. The van der Waals surface area contributed by atoms with Gasteiger partial charge in [0.05, 0.1) is 64.7 Å². The van der Waals surface area contributed by atoms with Gasteiger partial charge < -0.3 is 34.5 Å². The molecular weight excluding hydrogens is 758 g/mol. The molecule has 58 heavy (non-hydrogen) atoms. The standard InChI is InChI=1S/C41H52F2N6O9/c1-41(2,3)39(34-23-29(31-24-30(42)9-10-32(31)43)26-47(34)25-28-7-5-4-6-8-28)49(38(54)27-50)15-13-33(44)40(55)46-45-35(51)14-17-56-19-21-58-22-20-57-18-16-48-36(52)11-12-37(48)53/h4-12,23-24,26,33,39,50H,13-22,25,27,44H2,1-3H3,(H,45,51)(H,46,55)/t33-,39-/m0/s1. The first-order valence-electron chi connectivity index (χ1n) is 18.9. The lowest BCUT2D eigenvalue weighted by atomic mass is 9.82. The van der Waals surface area contributed by atoms with Crippen LogP contribution in [0.4, 0.5) is 8.78 Å². The number of hydrogen-bond acceptors (Lipinski definition) is 10. The molecule has 0 bridgehead atoms. The van der Waals surface area contributed by atoms with Crippen LogP contribution in [0.2, 0.25) is 0 Å². The van der Waals surface area contributed by atoms with Gasteiger partial charge in [-0.15, -0.1) is 0 Å². The predicted octanol–water partition coefficient (Wildman–Crippen LogP) is 2.62. The lowest BCUT2D eigenvalue weighted by molar-refractivity contribution is -0.140. The smallest absolute Gasteiger partial charge is 0.255 e. The Morgan fingerprint density at radius 2 is 1.52 bits per heavy atom. The summed E-state index contributed by atoms with van der Waals surface area (Å²) < 4.78 is 47.3. The second-order valence-electron chi connectivity index (χ2n) is 14.6. The van der Waals surface area contributed by atoms with Crippen molar-refractivity contribution in [3.8, 4) is 11.1 Å². The first-order valence-corrected chi connectivity index (χ1v) is 18.9. The van der Waals surface area contributed by atoms with Gasteiger partial charge in [-0.2, -0.15) is 0 Å². The molecule has 1 aromatic heterocycles. The van der Waals surface area contributed by atoms with E-state index in [-0.39, 0.29) is 83.0 Å².